The Bertz CT molecular complexity index is 3630. The molecule has 9 aromatic rings. The lowest BCUT2D eigenvalue weighted by molar-refractivity contribution is 0.149. The third kappa shape index (κ3) is 6.05. The lowest BCUT2D eigenvalue weighted by atomic mass is 9.43. The van der Waals surface area contributed by atoms with Crippen molar-refractivity contribution in [3.8, 4) is 62.1 Å². The molecule has 4 aliphatic carbocycles. The molecule has 0 spiro atoms. The molecule has 0 radical (unpaired) electrons. The van der Waals surface area contributed by atoms with Gasteiger partial charge in [-0.1, -0.05) is 148 Å². The van der Waals surface area contributed by atoms with Crippen molar-refractivity contribution in [1.82, 2.24) is 4.57 Å². The zero-order valence-electron chi connectivity index (χ0n) is 40.4. The van der Waals surface area contributed by atoms with Crippen molar-refractivity contribution in [3.05, 3.63) is 175 Å². The van der Waals surface area contributed by atoms with Gasteiger partial charge < -0.3 is 18.9 Å². The molecule has 8 aromatic carbocycles. The van der Waals surface area contributed by atoms with E-state index in [-0.39, 0.29) is 17.7 Å². The van der Waals surface area contributed by atoms with E-state index in [1.807, 2.05) is 24.3 Å². The van der Waals surface area contributed by atoms with Crippen molar-refractivity contribution in [2.45, 2.75) is 101 Å². The van der Waals surface area contributed by atoms with Gasteiger partial charge >= 0.3 is 6.85 Å². The first-order valence-electron chi connectivity index (χ1n) is 27.0. The Balaban J connectivity index is 1.01. The number of nitrogens with zero attached hydrogens (tertiary/aromatic N) is 2. The van der Waals surface area contributed by atoms with Crippen LogP contribution in [0.3, 0.4) is 0 Å². The number of fused-ring (bicyclic) bond motifs is 13. The molecule has 5 heteroatoms. The average Bonchev–Trinajstić information content (AvgIpc) is 3.76. The summed E-state index contributed by atoms with van der Waals surface area (Å²) < 4.78 is 16.3. The predicted molar refractivity (Wildman–Crippen MR) is 292 cm³/mol. The van der Waals surface area contributed by atoms with Crippen LogP contribution < -0.4 is 25.2 Å². The monoisotopic (exact) mass is 920 g/mol. The standard InChI is InChI=1S/C66H57BN2O2/c1-3-17-44(18-4-1)46-23-26-50(27-24-46)69-57-39-62-61(70-59-21-7-8-22-60(59)71-62)38-52(57)53-33-47(45-19-5-2-6-20-45)34-58-63(53)67(69)55-37-49(66-31-11-15-43(41-66)16-12-32-66)36-54-51-35-48(25-28-56(51)68(58)64(54)55)65-29-9-13-42(40-65)14-10-30-65/h1-8,17-28,33-39,42-43H,9-16,29-32,40-41H2. The lowest BCUT2D eigenvalue weighted by Crippen LogP contribution is -2.61. The summed E-state index contributed by atoms with van der Waals surface area (Å²) in [5, 5.41) is 2.88. The Morgan fingerprint density at radius 2 is 1.03 bits per heavy atom. The highest BCUT2D eigenvalue weighted by molar-refractivity contribution is 6.93. The first kappa shape index (κ1) is 40.7. The number of aromatic nitrogens is 1. The van der Waals surface area contributed by atoms with E-state index in [0.29, 0.717) is 0 Å². The highest BCUT2D eigenvalue weighted by Crippen LogP contribution is 2.56. The number of benzene rings is 8. The molecule has 16 rings (SSSR count). The van der Waals surface area contributed by atoms with Crippen LogP contribution in [-0.2, 0) is 10.8 Å². The molecule has 4 saturated carbocycles. The van der Waals surface area contributed by atoms with Crippen molar-refractivity contribution in [1.29, 1.82) is 0 Å². The van der Waals surface area contributed by atoms with E-state index in [1.165, 1.54) is 162 Å². The number of rotatable bonds is 5. The van der Waals surface area contributed by atoms with Crippen molar-refractivity contribution < 1.29 is 9.47 Å². The number of para-hydroxylation sites is 2. The lowest BCUT2D eigenvalue weighted by Gasteiger charge is -2.47. The zero-order valence-corrected chi connectivity index (χ0v) is 40.4. The van der Waals surface area contributed by atoms with Crippen LogP contribution in [0, 0.1) is 11.8 Å². The van der Waals surface area contributed by atoms with Gasteiger partial charge in [-0.25, -0.2) is 0 Å². The Kier molecular flexibility index (Phi) is 8.76. The minimum Gasteiger partial charge on any atom is -0.449 e. The van der Waals surface area contributed by atoms with Gasteiger partial charge in [-0.05, 0) is 172 Å². The van der Waals surface area contributed by atoms with Gasteiger partial charge in [0.1, 0.15) is 0 Å². The SMILES string of the molecule is c1ccc(-c2ccc(N3B4c5c(cc(-c6ccccc6)cc5-n5c6ccc(C78CCCC(CCC7)C8)cc6c6cc(C78CCCC(CCC7)C8)cc4c65)-c4cc5c(cc43)Oc3ccccc3O5)cc2)cc1. The average molecular weight is 921 g/mol. The third-order valence-electron chi connectivity index (χ3n) is 19.0. The fourth-order valence-corrected chi connectivity index (χ4v) is 15.9. The van der Waals surface area contributed by atoms with Gasteiger partial charge in [0.05, 0.1) is 11.0 Å². The van der Waals surface area contributed by atoms with Crippen LogP contribution in [0.2, 0.25) is 0 Å². The van der Waals surface area contributed by atoms with Gasteiger partial charge in [0, 0.05) is 39.5 Å². The fourth-order valence-electron chi connectivity index (χ4n) is 15.9. The molecule has 4 heterocycles. The molecule has 346 valence electrons. The summed E-state index contributed by atoms with van der Waals surface area (Å²) in [6, 6.07) is 62.2. The maximum absolute atomic E-state index is 6.82. The summed E-state index contributed by atoms with van der Waals surface area (Å²) >= 11 is 0. The van der Waals surface area contributed by atoms with E-state index in [4.69, 9.17) is 9.47 Å². The molecule has 3 aliphatic heterocycles. The second-order valence-electron chi connectivity index (χ2n) is 22.8. The maximum Gasteiger partial charge on any atom is 0.333 e. The molecule has 0 amide bonds. The molecule has 0 N–H and O–H groups in total. The fraction of sp³-hybridized carbons (Fsp3) is 0.273. The van der Waals surface area contributed by atoms with Gasteiger partial charge in [0.2, 0.25) is 0 Å². The van der Waals surface area contributed by atoms with E-state index in [0.717, 1.165) is 46.1 Å². The topological polar surface area (TPSA) is 26.6 Å². The van der Waals surface area contributed by atoms with Crippen LogP contribution >= 0.6 is 0 Å². The number of hydrogen-bond acceptors (Lipinski definition) is 3. The van der Waals surface area contributed by atoms with Crippen LogP contribution in [0.25, 0.3) is 60.9 Å². The first-order valence-corrected chi connectivity index (χ1v) is 27.0. The quantitative estimate of drug-likeness (QED) is 0.161. The molecule has 1 aromatic heterocycles. The number of ether oxygens (including phenoxy) is 2. The zero-order chi connectivity index (χ0) is 46.4. The third-order valence-corrected chi connectivity index (χ3v) is 19.0. The van der Waals surface area contributed by atoms with Crippen molar-refractivity contribution in [2.24, 2.45) is 11.8 Å². The summed E-state index contributed by atoms with van der Waals surface area (Å²) in [5.74, 6) is 4.67. The minimum atomic E-state index is -0.108. The van der Waals surface area contributed by atoms with Crippen LogP contribution in [0.15, 0.2) is 164 Å². The summed E-state index contributed by atoms with van der Waals surface area (Å²) in [7, 11) is 0. The van der Waals surface area contributed by atoms with E-state index in [2.05, 4.69) is 149 Å². The van der Waals surface area contributed by atoms with Gasteiger partial charge in [-0.15, -0.1) is 0 Å². The molecular formula is C66H57BN2O2. The van der Waals surface area contributed by atoms with Crippen molar-refractivity contribution in [2.75, 3.05) is 4.81 Å². The van der Waals surface area contributed by atoms with Crippen LogP contribution in [0.4, 0.5) is 11.4 Å². The smallest absolute Gasteiger partial charge is 0.333 e. The van der Waals surface area contributed by atoms with Crippen molar-refractivity contribution in [3.63, 3.8) is 0 Å². The second kappa shape index (κ2) is 15.3. The second-order valence-corrected chi connectivity index (χ2v) is 22.8. The van der Waals surface area contributed by atoms with Crippen LogP contribution in [0.1, 0.15) is 101 Å². The maximum atomic E-state index is 6.82. The van der Waals surface area contributed by atoms with Gasteiger partial charge in [0.25, 0.3) is 0 Å². The van der Waals surface area contributed by atoms with Gasteiger partial charge in [0.15, 0.2) is 23.0 Å². The highest BCUT2D eigenvalue weighted by atomic mass is 16.6. The van der Waals surface area contributed by atoms with E-state index in [1.54, 1.807) is 11.1 Å². The molecule has 4 bridgehead atoms. The Morgan fingerprint density at radius 3 is 1.69 bits per heavy atom. The number of anilines is 2. The molecule has 0 atom stereocenters. The van der Waals surface area contributed by atoms with Crippen molar-refractivity contribution >= 4 is 51.0 Å². The molecule has 4 fully saturated rings. The number of hydrogen-bond donors (Lipinski definition) is 0. The minimum absolute atomic E-state index is 0.108. The Labute approximate surface area is 417 Å². The molecule has 0 saturated heterocycles. The van der Waals surface area contributed by atoms with Crippen LogP contribution in [-0.4, -0.2) is 11.4 Å². The van der Waals surface area contributed by atoms with Crippen LogP contribution in [0.5, 0.6) is 23.0 Å². The summed E-state index contributed by atoms with van der Waals surface area (Å²) in [5.41, 5.74) is 20.0. The first-order chi connectivity index (χ1) is 35.1. The largest absolute Gasteiger partial charge is 0.449 e. The van der Waals surface area contributed by atoms with E-state index >= 15 is 0 Å². The van der Waals surface area contributed by atoms with E-state index < -0.39 is 0 Å². The summed E-state index contributed by atoms with van der Waals surface area (Å²) in [4.78, 5) is 2.68. The van der Waals surface area contributed by atoms with Gasteiger partial charge in [-0.3, -0.25) is 0 Å². The Hall–Kier alpha value is -6.98. The highest BCUT2D eigenvalue weighted by Gasteiger charge is 2.48. The summed E-state index contributed by atoms with van der Waals surface area (Å²) in [6.07, 6.45) is 18.8. The molecular weight excluding hydrogens is 864 g/mol. The van der Waals surface area contributed by atoms with E-state index in [9.17, 15) is 0 Å². The normalized spacial score (nSPS) is 23.3. The summed E-state index contributed by atoms with van der Waals surface area (Å²) in [6.45, 7) is -0.108. The Morgan fingerprint density at radius 1 is 0.451 bits per heavy atom. The molecule has 71 heavy (non-hydrogen) atoms. The molecule has 7 aliphatic rings. The molecule has 0 unspecified atom stereocenters. The van der Waals surface area contributed by atoms with Gasteiger partial charge in [-0.2, -0.15) is 0 Å². The predicted octanol–water partition coefficient (Wildman–Crippen LogP) is 16.5. The molecule has 4 nitrogen and oxygen atoms in total.